The Balaban J connectivity index is 2.15. The van der Waals surface area contributed by atoms with Gasteiger partial charge < -0.3 is 10.0 Å². The highest BCUT2D eigenvalue weighted by atomic mass is 35.5. The number of nitrogens with zero attached hydrogens (tertiary/aromatic N) is 3. The van der Waals surface area contributed by atoms with E-state index in [0.717, 1.165) is 0 Å². The molecule has 19 heavy (non-hydrogen) atoms. The molecule has 1 amide bonds. The van der Waals surface area contributed by atoms with Crippen molar-refractivity contribution in [1.82, 2.24) is 14.9 Å². The monoisotopic (exact) mass is 283 g/mol. The summed E-state index contributed by atoms with van der Waals surface area (Å²) in [5.41, 5.74) is -0.715. The summed E-state index contributed by atoms with van der Waals surface area (Å²) < 4.78 is 0. The second-order valence-electron chi connectivity index (χ2n) is 4.92. The molecule has 102 valence electrons. The molecule has 1 atom stereocenters. The second kappa shape index (κ2) is 5.13. The van der Waals surface area contributed by atoms with E-state index in [-0.39, 0.29) is 23.3 Å². The lowest BCUT2D eigenvalue weighted by atomic mass is 9.82. The number of piperidine rings is 1. The Morgan fingerprint density at radius 3 is 2.74 bits per heavy atom. The zero-order valence-electron chi connectivity index (χ0n) is 10.5. The van der Waals surface area contributed by atoms with Crippen molar-refractivity contribution in [3.8, 4) is 0 Å². The zero-order chi connectivity index (χ0) is 14.0. The largest absolute Gasteiger partial charge is 0.481 e. The van der Waals surface area contributed by atoms with E-state index in [1.54, 1.807) is 6.92 Å². The summed E-state index contributed by atoms with van der Waals surface area (Å²) in [6.45, 7) is 2.37. The van der Waals surface area contributed by atoms with Crippen LogP contribution in [0.2, 0.25) is 5.15 Å². The molecule has 0 spiro atoms. The number of carbonyl (C=O) groups is 2. The molecule has 6 nitrogen and oxygen atoms in total. The van der Waals surface area contributed by atoms with Crippen LogP contribution in [0.3, 0.4) is 0 Å². The van der Waals surface area contributed by atoms with Gasteiger partial charge in [-0.1, -0.05) is 11.6 Å². The first kappa shape index (κ1) is 13.7. The fraction of sp³-hybridized carbons (Fsp3) is 0.500. The lowest BCUT2D eigenvalue weighted by Gasteiger charge is -2.37. The maximum absolute atomic E-state index is 12.2. The van der Waals surface area contributed by atoms with Crippen LogP contribution >= 0.6 is 11.6 Å². The van der Waals surface area contributed by atoms with E-state index in [0.29, 0.717) is 19.4 Å². The van der Waals surface area contributed by atoms with E-state index >= 15 is 0 Å². The first-order valence-electron chi connectivity index (χ1n) is 5.92. The molecule has 2 heterocycles. The summed E-state index contributed by atoms with van der Waals surface area (Å²) in [5, 5.41) is 9.43. The molecular weight excluding hydrogens is 270 g/mol. The molecule has 0 saturated carbocycles. The lowest BCUT2D eigenvalue weighted by Crippen LogP contribution is -2.48. The number of aliphatic carboxylic acids is 1. The Labute approximate surface area is 115 Å². The van der Waals surface area contributed by atoms with Gasteiger partial charge in [-0.15, -0.1) is 0 Å². The summed E-state index contributed by atoms with van der Waals surface area (Å²) >= 11 is 5.61. The summed E-state index contributed by atoms with van der Waals surface area (Å²) in [5.74, 6) is -1.19. The predicted molar refractivity (Wildman–Crippen MR) is 67.9 cm³/mol. The fourth-order valence-electron chi connectivity index (χ4n) is 2.17. The van der Waals surface area contributed by atoms with Crippen molar-refractivity contribution in [3.63, 3.8) is 0 Å². The van der Waals surface area contributed by atoms with Crippen molar-refractivity contribution in [2.45, 2.75) is 19.8 Å². The Bertz CT molecular complexity index is 505. The Hall–Kier alpha value is -1.69. The first-order chi connectivity index (χ1) is 8.92. The average Bonchev–Trinajstić information content (AvgIpc) is 2.39. The van der Waals surface area contributed by atoms with Gasteiger partial charge in [0.2, 0.25) is 0 Å². The maximum Gasteiger partial charge on any atom is 0.311 e. The third kappa shape index (κ3) is 2.84. The maximum atomic E-state index is 12.2. The molecule has 7 heteroatoms. The topological polar surface area (TPSA) is 83.4 Å². The number of aromatic nitrogens is 2. The molecule has 1 aliphatic rings. The number of amides is 1. The van der Waals surface area contributed by atoms with Crippen LogP contribution in [-0.2, 0) is 4.79 Å². The SMILES string of the molecule is CC1(C(=O)O)CCCN(C(=O)c2cnc(Cl)cn2)C1. The van der Waals surface area contributed by atoms with Crippen LogP contribution in [0.15, 0.2) is 12.4 Å². The van der Waals surface area contributed by atoms with Gasteiger partial charge in [-0.2, -0.15) is 0 Å². The molecule has 2 rings (SSSR count). The van der Waals surface area contributed by atoms with E-state index in [4.69, 9.17) is 11.6 Å². The van der Waals surface area contributed by atoms with Crippen molar-refractivity contribution < 1.29 is 14.7 Å². The van der Waals surface area contributed by atoms with E-state index in [9.17, 15) is 14.7 Å². The van der Waals surface area contributed by atoms with Crippen molar-refractivity contribution in [1.29, 1.82) is 0 Å². The standard InChI is InChI=1S/C12H14ClN3O3/c1-12(11(18)19)3-2-4-16(7-12)10(17)8-5-15-9(13)6-14-8/h5-6H,2-4,7H2,1H3,(H,18,19). The van der Waals surface area contributed by atoms with E-state index in [1.807, 2.05) is 0 Å². The minimum Gasteiger partial charge on any atom is -0.481 e. The minimum absolute atomic E-state index is 0.180. The highest BCUT2D eigenvalue weighted by molar-refractivity contribution is 6.29. The molecule has 0 aliphatic carbocycles. The average molecular weight is 284 g/mol. The van der Waals surface area contributed by atoms with Gasteiger partial charge in [0, 0.05) is 13.1 Å². The Kier molecular flexibility index (Phi) is 3.71. The number of halogens is 1. The molecule has 0 radical (unpaired) electrons. The van der Waals surface area contributed by atoms with Gasteiger partial charge in [0.25, 0.3) is 5.91 Å². The first-order valence-corrected chi connectivity index (χ1v) is 6.30. The Morgan fingerprint density at radius 2 is 2.16 bits per heavy atom. The minimum atomic E-state index is -0.895. The van der Waals surface area contributed by atoms with Crippen molar-refractivity contribution in [3.05, 3.63) is 23.2 Å². The van der Waals surface area contributed by atoms with E-state index in [2.05, 4.69) is 9.97 Å². The smallest absolute Gasteiger partial charge is 0.311 e. The van der Waals surface area contributed by atoms with Gasteiger partial charge in [0.05, 0.1) is 17.8 Å². The van der Waals surface area contributed by atoms with Crippen LogP contribution in [0.25, 0.3) is 0 Å². The number of likely N-dealkylation sites (tertiary alicyclic amines) is 1. The summed E-state index contributed by atoms with van der Waals surface area (Å²) in [4.78, 5) is 32.7. The Morgan fingerprint density at radius 1 is 1.42 bits per heavy atom. The molecule has 0 aromatic carbocycles. The second-order valence-corrected chi connectivity index (χ2v) is 5.31. The summed E-state index contributed by atoms with van der Waals surface area (Å²) in [6, 6.07) is 0. The summed E-state index contributed by atoms with van der Waals surface area (Å²) in [6.07, 6.45) is 3.83. The van der Waals surface area contributed by atoms with E-state index in [1.165, 1.54) is 17.3 Å². The fourth-order valence-corrected chi connectivity index (χ4v) is 2.27. The van der Waals surface area contributed by atoms with Crippen molar-refractivity contribution in [2.75, 3.05) is 13.1 Å². The van der Waals surface area contributed by atoms with Crippen LogP contribution in [0.1, 0.15) is 30.3 Å². The van der Waals surface area contributed by atoms with Gasteiger partial charge in [-0.05, 0) is 19.8 Å². The molecular formula is C12H14ClN3O3. The van der Waals surface area contributed by atoms with Crippen LogP contribution in [0.5, 0.6) is 0 Å². The van der Waals surface area contributed by atoms with Crippen LogP contribution in [0, 0.1) is 5.41 Å². The molecule has 1 aromatic rings. The third-order valence-corrected chi connectivity index (χ3v) is 3.53. The molecule has 1 fully saturated rings. The summed E-state index contributed by atoms with van der Waals surface area (Å²) in [7, 11) is 0. The van der Waals surface area contributed by atoms with Gasteiger partial charge in [0.1, 0.15) is 10.8 Å². The third-order valence-electron chi connectivity index (χ3n) is 3.34. The van der Waals surface area contributed by atoms with E-state index < -0.39 is 11.4 Å². The number of carbonyl (C=O) groups excluding carboxylic acids is 1. The van der Waals surface area contributed by atoms with Crippen LogP contribution in [0.4, 0.5) is 0 Å². The highest BCUT2D eigenvalue weighted by Crippen LogP contribution is 2.30. The molecule has 1 N–H and O–H groups in total. The molecule has 1 saturated heterocycles. The molecule has 1 aromatic heterocycles. The van der Waals surface area contributed by atoms with Gasteiger partial charge in [-0.3, -0.25) is 9.59 Å². The number of carboxylic acid groups (broad SMARTS) is 1. The number of rotatable bonds is 2. The lowest BCUT2D eigenvalue weighted by molar-refractivity contribution is -0.150. The van der Waals surface area contributed by atoms with Crippen molar-refractivity contribution in [2.24, 2.45) is 5.41 Å². The number of hydrogen-bond acceptors (Lipinski definition) is 4. The predicted octanol–water partition coefficient (Wildman–Crippen LogP) is 1.46. The van der Waals surface area contributed by atoms with Crippen LogP contribution in [-0.4, -0.2) is 44.9 Å². The molecule has 0 bridgehead atoms. The van der Waals surface area contributed by atoms with Gasteiger partial charge in [-0.25, -0.2) is 9.97 Å². The molecule has 1 aliphatic heterocycles. The van der Waals surface area contributed by atoms with Gasteiger partial charge in [0.15, 0.2) is 0 Å². The normalized spacial score (nSPS) is 23.2. The number of hydrogen-bond donors (Lipinski definition) is 1. The molecule has 1 unspecified atom stereocenters. The quantitative estimate of drug-likeness (QED) is 0.888. The van der Waals surface area contributed by atoms with Gasteiger partial charge >= 0.3 is 5.97 Å². The van der Waals surface area contributed by atoms with Crippen LogP contribution < -0.4 is 0 Å². The highest BCUT2D eigenvalue weighted by Gasteiger charge is 2.39. The number of carboxylic acids is 1. The van der Waals surface area contributed by atoms with Crippen molar-refractivity contribution >= 4 is 23.5 Å². The zero-order valence-corrected chi connectivity index (χ0v) is 11.2.